The predicted octanol–water partition coefficient (Wildman–Crippen LogP) is -3.01. The lowest BCUT2D eigenvalue weighted by molar-refractivity contribution is -0.394. The summed E-state index contributed by atoms with van der Waals surface area (Å²) in [6, 6.07) is 0. The third-order valence-electron chi connectivity index (χ3n) is 20.1. The lowest BCUT2D eigenvalue weighted by Gasteiger charge is -2.57. The first-order chi connectivity index (χ1) is 39.1. The Morgan fingerprint density at radius 3 is 1.72 bits per heavy atom. The van der Waals surface area contributed by atoms with Gasteiger partial charge < -0.3 is 119 Å². The molecular formula is C57H90O26. The van der Waals surface area contributed by atoms with Gasteiger partial charge in [-0.15, -0.1) is 0 Å². The van der Waals surface area contributed by atoms with E-state index in [0.717, 1.165) is 12.0 Å². The molecule has 83 heavy (non-hydrogen) atoms. The molecule has 5 aliphatic heterocycles. The molecule has 0 aromatic carbocycles. The van der Waals surface area contributed by atoms with Crippen LogP contribution in [0.15, 0.2) is 22.8 Å². The fraction of sp³-hybridized carbons (Fsp3) is 0.895. The van der Waals surface area contributed by atoms with Crippen LogP contribution in [0.25, 0.3) is 0 Å². The molecule has 0 aromatic heterocycles. The fourth-order valence-electron chi connectivity index (χ4n) is 14.9. The van der Waals surface area contributed by atoms with Crippen molar-refractivity contribution in [3.63, 3.8) is 0 Å². The third kappa shape index (κ3) is 12.5. The number of rotatable bonds is 17. The van der Waals surface area contributed by atoms with Crippen LogP contribution < -0.4 is 0 Å². The first-order valence-corrected chi connectivity index (χ1v) is 29.5. The summed E-state index contributed by atoms with van der Waals surface area (Å²) in [5.41, 5.74) is 1.38. The number of aliphatic hydroxyl groups excluding tert-OH is 14. The van der Waals surface area contributed by atoms with Crippen molar-refractivity contribution in [2.75, 3.05) is 19.8 Å². The maximum atomic E-state index is 14.1. The summed E-state index contributed by atoms with van der Waals surface area (Å²) >= 11 is 0. The Morgan fingerprint density at radius 1 is 0.578 bits per heavy atom. The van der Waals surface area contributed by atoms with Crippen LogP contribution in [0.2, 0.25) is 0 Å². The molecule has 5 heterocycles. The van der Waals surface area contributed by atoms with E-state index in [1.165, 1.54) is 20.8 Å². The molecule has 0 radical (unpaired) electrons. The monoisotopic (exact) mass is 1190 g/mol. The summed E-state index contributed by atoms with van der Waals surface area (Å²) in [7, 11) is 0. The number of aliphatic hydroxyl groups is 14. The smallest absolute Gasteiger partial charge is 0.187 e. The van der Waals surface area contributed by atoms with Gasteiger partial charge in [0, 0.05) is 18.4 Å². The van der Waals surface area contributed by atoms with Gasteiger partial charge in [0.2, 0.25) is 0 Å². The highest BCUT2D eigenvalue weighted by atomic mass is 16.8. The van der Waals surface area contributed by atoms with E-state index >= 15 is 0 Å². The number of carbonyl (C=O) groups is 2. The number of fused-ring (bicyclic) bond motifs is 5. The average Bonchev–Trinajstić information content (AvgIpc) is 2.72. The molecule has 0 unspecified atom stereocenters. The number of hydrogen-bond donors (Lipinski definition) is 14. The molecular weight excluding hydrogens is 1100 g/mol. The zero-order chi connectivity index (χ0) is 60.5. The Balaban J connectivity index is 0.858. The van der Waals surface area contributed by atoms with Crippen molar-refractivity contribution in [2.45, 2.75) is 266 Å². The van der Waals surface area contributed by atoms with Crippen molar-refractivity contribution in [3.05, 3.63) is 22.8 Å². The summed E-state index contributed by atoms with van der Waals surface area (Å²) in [5, 5.41) is 149. The van der Waals surface area contributed by atoms with Gasteiger partial charge in [0.15, 0.2) is 43.0 Å². The van der Waals surface area contributed by atoms with Crippen LogP contribution in [-0.2, 0) is 57.0 Å². The van der Waals surface area contributed by atoms with Gasteiger partial charge in [0.05, 0.1) is 44.2 Å². The van der Waals surface area contributed by atoms with Gasteiger partial charge in [-0.05, 0) is 113 Å². The summed E-state index contributed by atoms with van der Waals surface area (Å²) in [6.45, 7) is 11.0. The van der Waals surface area contributed by atoms with Crippen LogP contribution in [0, 0.1) is 34.5 Å². The standard InChI is InChI=1S/C57H90O26/c1-21(20-74-51-43(69)41(67)38(64)33(18-58)79-51)8-11-31(60)22(2)35-32(61)17-30-28-10-9-26-16-27(12-14-56(26,6)29(28)13-15-57(30,35)7)78-55-50(83-53-45(71)40(66)37(63)24(4)76-53)47(73)49(34(19-59)80-55)82-54-46(72)42(68)48(25(5)77-54)81-52-44(70)39(65)36(62)23(3)75-52/h9,21,23-25,27-30,33-34,36-55,58-59,62-73H,8,10-20H2,1-7H3/b35-22+/t21-,23+,24+,25+,27+,28-,29+,30+,33-,34-,36+,37+,38-,39-,40-,41+,42+,43-,44-,45-,46-,47+,48+,49-,50-,51-,52+,53+,54+,55-,56+,57+/m1/s1. The SMILES string of the molecule is C/C(C(=O)CC[C@@H](C)CO[C@@H]1O[C@H](CO)[C@@H](O)[C@H](O)[C@H]1O)=C1/C(=O)C[C@H]2[C@@H]3CC=C4C[C@@H](O[C@@H]5O[C@H](CO)[C@@H](O[C@@H]6O[C@@H](C)[C@H](O[C@@H]7O[C@@H](C)[C@H](O)[C@@H](O)[C@H]7O)[C@@H](O)[C@H]6O)[C@H](O)[C@H]5O[C@@H]5O[C@@H](C)[C@H](O)[C@@H](O)[C@H]5O)CC[C@]4(C)[C@H]3CC[C@]12C. The van der Waals surface area contributed by atoms with Gasteiger partial charge in [-0.1, -0.05) is 32.4 Å². The van der Waals surface area contributed by atoms with Gasteiger partial charge in [-0.2, -0.15) is 0 Å². The van der Waals surface area contributed by atoms with Crippen molar-refractivity contribution in [3.8, 4) is 0 Å². The van der Waals surface area contributed by atoms with Crippen LogP contribution in [0.3, 0.4) is 0 Å². The Labute approximate surface area is 481 Å². The summed E-state index contributed by atoms with van der Waals surface area (Å²) in [5.74, 6) is -0.0295. The Morgan fingerprint density at radius 2 is 1.11 bits per heavy atom. The molecule has 4 aliphatic carbocycles. The highest BCUT2D eigenvalue weighted by Gasteiger charge is 2.61. The van der Waals surface area contributed by atoms with Crippen LogP contribution in [-0.4, -0.2) is 263 Å². The second-order valence-corrected chi connectivity index (χ2v) is 25.5. The molecule has 9 aliphatic rings. The van der Waals surface area contributed by atoms with E-state index < -0.39 is 178 Å². The van der Waals surface area contributed by atoms with E-state index in [-0.39, 0.29) is 53.7 Å². The lowest BCUT2D eigenvalue weighted by atomic mass is 9.47. The van der Waals surface area contributed by atoms with Gasteiger partial charge in [0.1, 0.15) is 104 Å². The number of ketones is 2. The largest absolute Gasteiger partial charge is 0.394 e. The second-order valence-electron chi connectivity index (χ2n) is 25.5. The minimum atomic E-state index is -1.90. The molecule has 14 N–H and O–H groups in total. The normalized spacial score (nSPS) is 51.3. The molecule has 9 rings (SSSR count). The molecule has 5 saturated heterocycles. The quantitative estimate of drug-likeness (QED) is 0.0509. The Bertz CT molecular complexity index is 2310. The number of carbonyl (C=O) groups excluding carboxylic acids is 2. The molecule has 0 amide bonds. The maximum Gasteiger partial charge on any atom is 0.187 e. The van der Waals surface area contributed by atoms with E-state index in [0.29, 0.717) is 56.1 Å². The number of ether oxygens (including phenoxy) is 10. The molecule has 8 fully saturated rings. The zero-order valence-electron chi connectivity index (χ0n) is 48.0. The van der Waals surface area contributed by atoms with Crippen molar-refractivity contribution >= 4 is 11.6 Å². The molecule has 26 nitrogen and oxygen atoms in total. The van der Waals surface area contributed by atoms with Crippen LogP contribution >= 0.6 is 0 Å². The number of Topliss-reactive ketones (excluding diaryl/α,β-unsaturated/α-hetero) is 2. The molecule has 0 aromatic rings. The average molecular weight is 1190 g/mol. The van der Waals surface area contributed by atoms with Crippen LogP contribution in [0.1, 0.15) is 106 Å². The predicted molar refractivity (Wildman–Crippen MR) is 280 cm³/mol. The number of hydrogen-bond acceptors (Lipinski definition) is 26. The second kappa shape index (κ2) is 26.1. The molecule has 3 saturated carbocycles. The maximum absolute atomic E-state index is 14.1. The van der Waals surface area contributed by atoms with Gasteiger partial charge >= 0.3 is 0 Å². The highest BCUT2D eigenvalue weighted by molar-refractivity contribution is 6.08. The molecule has 0 bridgehead atoms. The fourth-order valence-corrected chi connectivity index (χ4v) is 14.9. The molecule has 474 valence electrons. The van der Waals surface area contributed by atoms with Gasteiger partial charge in [-0.3, -0.25) is 9.59 Å². The highest BCUT2D eigenvalue weighted by Crippen LogP contribution is 2.66. The Hall–Kier alpha value is -2.14. The lowest BCUT2D eigenvalue weighted by Crippen LogP contribution is -2.67. The van der Waals surface area contributed by atoms with Crippen molar-refractivity contribution in [1.29, 1.82) is 0 Å². The van der Waals surface area contributed by atoms with Crippen molar-refractivity contribution in [1.82, 2.24) is 0 Å². The van der Waals surface area contributed by atoms with Crippen LogP contribution in [0.4, 0.5) is 0 Å². The minimum Gasteiger partial charge on any atom is -0.394 e. The third-order valence-corrected chi connectivity index (χ3v) is 20.1. The van der Waals surface area contributed by atoms with E-state index in [2.05, 4.69) is 19.9 Å². The van der Waals surface area contributed by atoms with E-state index in [1.54, 1.807) is 6.92 Å². The Kier molecular flexibility index (Phi) is 20.6. The molecule has 32 atom stereocenters. The van der Waals surface area contributed by atoms with E-state index in [4.69, 9.17) is 47.4 Å². The topological polar surface area (TPSA) is 410 Å². The van der Waals surface area contributed by atoms with Crippen molar-refractivity contribution in [2.24, 2.45) is 34.5 Å². The van der Waals surface area contributed by atoms with E-state index in [1.807, 2.05) is 6.92 Å². The first kappa shape index (κ1) is 65.3. The number of allylic oxidation sites excluding steroid dienone is 3. The summed E-state index contributed by atoms with van der Waals surface area (Å²) < 4.78 is 59.6. The first-order valence-electron chi connectivity index (χ1n) is 29.5. The minimum absolute atomic E-state index is 0.0115. The molecule has 26 heteroatoms. The van der Waals surface area contributed by atoms with Crippen molar-refractivity contribution < 1.29 is 128 Å². The summed E-state index contributed by atoms with van der Waals surface area (Å²) in [6.07, 6.45) is -31.6. The van der Waals surface area contributed by atoms with Gasteiger partial charge in [-0.25, -0.2) is 0 Å². The van der Waals surface area contributed by atoms with E-state index in [9.17, 15) is 81.1 Å². The zero-order valence-corrected chi connectivity index (χ0v) is 48.0. The molecule has 0 spiro atoms. The summed E-state index contributed by atoms with van der Waals surface area (Å²) in [4.78, 5) is 28.0. The van der Waals surface area contributed by atoms with Gasteiger partial charge in [0.25, 0.3) is 0 Å². The van der Waals surface area contributed by atoms with Crippen LogP contribution in [0.5, 0.6) is 0 Å².